The van der Waals surface area contributed by atoms with Crippen molar-refractivity contribution in [1.29, 1.82) is 0 Å². The summed E-state index contributed by atoms with van der Waals surface area (Å²) in [6.07, 6.45) is -7.28. The first-order valence-corrected chi connectivity index (χ1v) is 14.7. The largest absolute Gasteiger partial charge is 0.463 e. The number of carbonyl (C=O) groups is 7. The molecule has 0 amide bonds. The Morgan fingerprint density at radius 1 is 0.646 bits per heavy atom. The van der Waals surface area contributed by atoms with Crippen LogP contribution in [-0.4, -0.2) is 78.9 Å². The van der Waals surface area contributed by atoms with Crippen LogP contribution >= 0.6 is 0 Å². The number of Topliss-reactive ketones (excluding diaryl/α,β-unsaturated/α-hetero) is 1. The normalized spacial score (nSPS) is 20.0. The molecule has 0 saturated carbocycles. The minimum atomic E-state index is -1.67. The third-order valence-corrected chi connectivity index (χ3v) is 6.51. The van der Waals surface area contributed by atoms with Gasteiger partial charge >= 0.3 is 35.8 Å². The van der Waals surface area contributed by atoms with Crippen molar-refractivity contribution in [2.45, 2.75) is 85.1 Å². The molecule has 48 heavy (non-hydrogen) atoms. The van der Waals surface area contributed by atoms with Crippen molar-refractivity contribution in [2.24, 2.45) is 0 Å². The van der Waals surface area contributed by atoms with Gasteiger partial charge in [0.05, 0.1) is 0 Å². The molecule has 0 unspecified atom stereocenters. The van der Waals surface area contributed by atoms with Gasteiger partial charge in [0.15, 0.2) is 18.0 Å². The molecule has 1 saturated heterocycles. The fraction of sp³-hybridized carbons (Fsp3) is 0.424. The lowest BCUT2D eigenvalue weighted by Gasteiger charge is -2.43. The molecule has 2 aromatic carbocycles. The van der Waals surface area contributed by atoms with Gasteiger partial charge < -0.3 is 37.9 Å². The van der Waals surface area contributed by atoms with Gasteiger partial charge in [-0.15, -0.1) is 0 Å². The molecule has 0 aromatic heterocycles. The predicted molar refractivity (Wildman–Crippen MR) is 161 cm³/mol. The number of carbonyl (C=O) groups excluding carboxylic acids is 7. The number of esters is 6. The molecule has 3 rings (SSSR count). The molecule has 258 valence electrons. The Kier molecular flexibility index (Phi) is 13.2. The second-order valence-electron chi connectivity index (χ2n) is 10.6. The lowest BCUT2D eigenvalue weighted by molar-refractivity contribution is -0.288. The van der Waals surface area contributed by atoms with Crippen LogP contribution in [0.2, 0.25) is 0 Å². The molecule has 1 fully saturated rings. The predicted octanol–water partition coefficient (Wildman–Crippen LogP) is 2.81. The number of ketones is 1. The quantitative estimate of drug-likeness (QED) is 0.130. The van der Waals surface area contributed by atoms with E-state index in [2.05, 4.69) is 0 Å². The van der Waals surface area contributed by atoms with Gasteiger partial charge in [0.1, 0.15) is 35.5 Å². The topological polar surface area (TPSA) is 193 Å². The molecule has 1 heterocycles. The molecule has 0 N–H and O–H groups in total. The smallest absolute Gasteiger partial charge is 0.308 e. The first kappa shape index (κ1) is 37.2. The van der Waals surface area contributed by atoms with E-state index in [0.29, 0.717) is 6.42 Å². The molecule has 5 atom stereocenters. The standard InChI is InChI=1S/C33H36O15/c1-17(34)41-16-28-30(44-20(4)37)31(45-21(5)38)32(46-22(6)39)33(48-28)47-24-14-26(42-18(2)35)29(27(15-24)43-19(3)36)25(40)13-12-23-10-8-7-9-11-23/h7-11,14-15,28,30-33H,12-13,16H2,1-6H3/t28-,30-,31+,32-,33-/m1/s1. The van der Waals surface area contributed by atoms with Gasteiger partial charge in [-0.2, -0.15) is 0 Å². The van der Waals surface area contributed by atoms with Crippen molar-refractivity contribution in [3.8, 4) is 17.2 Å². The molecule has 0 bridgehead atoms. The number of hydrogen-bond acceptors (Lipinski definition) is 15. The van der Waals surface area contributed by atoms with Crippen LogP contribution in [0.25, 0.3) is 0 Å². The molecule has 0 spiro atoms. The number of benzene rings is 2. The molecule has 0 radical (unpaired) electrons. The summed E-state index contributed by atoms with van der Waals surface area (Å²) in [6, 6.07) is 11.4. The molecular weight excluding hydrogens is 636 g/mol. The molecule has 1 aliphatic rings. The average molecular weight is 673 g/mol. The lowest BCUT2D eigenvalue weighted by Crippen LogP contribution is -2.63. The highest BCUT2D eigenvalue weighted by Gasteiger charge is 2.53. The summed E-state index contributed by atoms with van der Waals surface area (Å²) in [5.74, 6) is -6.26. The molecule has 0 aliphatic carbocycles. The van der Waals surface area contributed by atoms with E-state index >= 15 is 0 Å². The van der Waals surface area contributed by atoms with E-state index in [1.54, 1.807) is 0 Å². The van der Waals surface area contributed by atoms with Gasteiger partial charge in [-0.25, -0.2) is 0 Å². The van der Waals surface area contributed by atoms with E-state index in [4.69, 9.17) is 37.9 Å². The zero-order valence-corrected chi connectivity index (χ0v) is 27.2. The minimum Gasteiger partial charge on any atom is -0.463 e. The van der Waals surface area contributed by atoms with Crippen molar-refractivity contribution in [3.63, 3.8) is 0 Å². The first-order chi connectivity index (χ1) is 22.6. The third-order valence-electron chi connectivity index (χ3n) is 6.51. The third kappa shape index (κ3) is 10.9. The highest BCUT2D eigenvalue weighted by Crippen LogP contribution is 2.38. The number of rotatable bonds is 13. The maximum Gasteiger partial charge on any atom is 0.308 e. The van der Waals surface area contributed by atoms with Gasteiger partial charge in [0, 0.05) is 60.1 Å². The van der Waals surface area contributed by atoms with Crippen molar-refractivity contribution in [2.75, 3.05) is 6.61 Å². The Bertz CT molecular complexity index is 1500. The Balaban J connectivity index is 2.11. The summed E-state index contributed by atoms with van der Waals surface area (Å²) in [6.45, 7) is 6.00. The fourth-order valence-corrected chi connectivity index (χ4v) is 4.82. The fourth-order valence-electron chi connectivity index (χ4n) is 4.82. The summed E-state index contributed by atoms with van der Waals surface area (Å²) in [5, 5.41) is 0. The van der Waals surface area contributed by atoms with Crippen LogP contribution in [0.15, 0.2) is 42.5 Å². The molecule has 1 aliphatic heterocycles. The number of ether oxygens (including phenoxy) is 8. The highest BCUT2D eigenvalue weighted by molar-refractivity contribution is 6.03. The second kappa shape index (κ2) is 17.0. The number of aryl methyl sites for hydroxylation is 1. The van der Waals surface area contributed by atoms with Gasteiger partial charge in [-0.1, -0.05) is 30.3 Å². The van der Waals surface area contributed by atoms with Crippen LogP contribution in [0.1, 0.15) is 63.9 Å². The van der Waals surface area contributed by atoms with Crippen LogP contribution < -0.4 is 14.2 Å². The van der Waals surface area contributed by atoms with Crippen LogP contribution in [-0.2, 0) is 58.9 Å². The average Bonchev–Trinajstić information content (AvgIpc) is 2.97. The summed E-state index contributed by atoms with van der Waals surface area (Å²) in [7, 11) is 0. The van der Waals surface area contributed by atoms with E-state index in [1.165, 1.54) is 0 Å². The molecule has 15 nitrogen and oxygen atoms in total. The lowest BCUT2D eigenvalue weighted by atomic mass is 9.98. The van der Waals surface area contributed by atoms with Gasteiger partial charge in [-0.3, -0.25) is 33.6 Å². The van der Waals surface area contributed by atoms with Gasteiger partial charge in [-0.05, 0) is 12.0 Å². The summed E-state index contributed by atoms with van der Waals surface area (Å²) < 4.78 is 43.9. The van der Waals surface area contributed by atoms with Crippen molar-refractivity contribution in [3.05, 3.63) is 53.6 Å². The number of hydrogen-bond donors (Lipinski definition) is 0. The van der Waals surface area contributed by atoms with Crippen LogP contribution in [0.3, 0.4) is 0 Å². The SMILES string of the molecule is CC(=O)OC[C@H]1O[C@@H](Oc2cc(OC(C)=O)c(C(=O)CCc3ccccc3)c(OC(C)=O)c2)[C@H](OC(C)=O)[C@@H](OC(C)=O)[C@@H]1OC(C)=O. The second-order valence-corrected chi connectivity index (χ2v) is 10.6. The molecule has 15 heteroatoms. The Labute approximate surface area is 275 Å². The van der Waals surface area contributed by atoms with Crippen molar-refractivity contribution < 1.29 is 71.5 Å². The Morgan fingerprint density at radius 3 is 1.67 bits per heavy atom. The van der Waals surface area contributed by atoms with E-state index < -0.39 is 78.9 Å². The summed E-state index contributed by atoms with van der Waals surface area (Å²) >= 11 is 0. The minimum absolute atomic E-state index is 0.0492. The van der Waals surface area contributed by atoms with Crippen LogP contribution in [0.5, 0.6) is 17.2 Å². The van der Waals surface area contributed by atoms with E-state index in [1.807, 2.05) is 30.3 Å². The Morgan fingerprint density at radius 2 is 1.17 bits per heavy atom. The van der Waals surface area contributed by atoms with Crippen molar-refractivity contribution in [1.82, 2.24) is 0 Å². The highest BCUT2D eigenvalue weighted by atomic mass is 16.7. The van der Waals surface area contributed by atoms with Crippen molar-refractivity contribution >= 4 is 41.6 Å². The zero-order valence-electron chi connectivity index (χ0n) is 27.2. The molecular formula is C33H36O15. The van der Waals surface area contributed by atoms with E-state index in [0.717, 1.165) is 59.2 Å². The molecule has 2 aromatic rings. The monoisotopic (exact) mass is 672 g/mol. The van der Waals surface area contributed by atoms with Gasteiger partial charge in [0.2, 0.25) is 12.4 Å². The maximum absolute atomic E-state index is 13.5. The first-order valence-electron chi connectivity index (χ1n) is 14.7. The van der Waals surface area contributed by atoms with Crippen LogP contribution in [0, 0.1) is 0 Å². The van der Waals surface area contributed by atoms with Gasteiger partial charge in [0.25, 0.3) is 0 Å². The summed E-state index contributed by atoms with van der Waals surface area (Å²) in [4.78, 5) is 85.7. The summed E-state index contributed by atoms with van der Waals surface area (Å²) in [5.41, 5.74) is 0.641. The van der Waals surface area contributed by atoms with Crippen LogP contribution in [0.4, 0.5) is 0 Å². The Hall–Kier alpha value is -5.31. The maximum atomic E-state index is 13.5. The van der Waals surface area contributed by atoms with E-state index in [9.17, 15) is 33.6 Å². The van der Waals surface area contributed by atoms with E-state index in [-0.39, 0.29) is 29.2 Å². The zero-order chi connectivity index (χ0) is 35.5.